The summed E-state index contributed by atoms with van der Waals surface area (Å²) in [6, 6.07) is 6.82. The molecule has 1 aromatic carbocycles. The van der Waals surface area contributed by atoms with Crippen molar-refractivity contribution in [2.75, 3.05) is 33.7 Å². The second-order valence-electron chi connectivity index (χ2n) is 6.77. The highest BCUT2D eigenvalue weighted by atomic mass is 19.1. The molecule has 0 aromatic heterocycles. The number of carbonyl (C=O) groups is 1. The molecule has 0 spiro atoms. The van der Waals surface area contributed by atoms with Crippen LogP contribution in [-0.4, -0.2) is 55.5 Å². The number of benzene rings is 1. The van der Waals surface area contributed by atoms with E-state index in [0.717, 1.165) is 31.5 Å². The van der Waals surface area contributed by atoms with Crippen LogP contribution in [0.25, 0.3) is 0 Å². The highest BCUT2D eigenvalue weighted by Gasteiger charge is 2.28. The van der Waals surface area contributed by atoms with Crippen LogP contribution in [0.3, 0.4) is 0 Å². The molecule has 1 aliphatic heterocycles. The highest BCUT2D eigenvalue weighted by Crippen LogP contribution is 2.20. The minimum atomic E-state index is -0.243. The summed E-state index contributed by atoms with van der Waals surface area (Å²) in [5.41, 5.74) is 0.973. The molecule has 1 saturated heterocycles. The fourth-order valence-corrected chi connectivity index (χ4v) is 3.01. The van der Waals surface area contributed by atoms with E-state index in [0.29, 0.717) is 19.1 Å². The van der Waals surface area contributed by atoms with Crippen LogP contribution in [-0.2, 0) is 11.3 Å². The van der Waals surface area contributed by atoms with E-state index in [1.165, 1.54) is 12.1 Å². The second kappa shape index (κ2) is 8.41. The van der Waals surface area contributed by atoms with Gasteiger partial charge in [0.1, 0.15) is 5.82 Å². The third kappa shape index (κ3) is 5.59. The summed E-state index contributed by atoms with van der Waals surface area (Å²) < 4.78 is 13.1. The fourth-order valence-electron chi connectivity index (χ4n) is 3.01. The Balaban J connectivity index is 2.05. The number of nitrogens with zero attached hydrogens (tertiary/aromatic N) is 2. The first-order valence-electron chi connectivity index (χ1n) is 8.37. The van der Waals surface area contributed by atoms with Gasteiger partial charge in [0, 0.05) is 31.6 Å². The van der Waals surface area contributed by atoms with Crippen LogP contribution in [0.15, 0.2) is 24.3 Å². The zero-order chi connectivity index (χ0) is 16.8. The van der Waals surface area contributed by atoms with Crippen molar-refractivity contribution < 1.29 is 9.18 Å². The summed E-state index contributed by atoms with van der Waals surface area (Å²) in [5.74, 6) is 0.0745. The Labute approximate surface area is 138 Å². The number of carbonyl (C=O) groups excluding carboxylic acids is 1. The van der Waals surface area contributed by atoms with Crippen LogP contribution < -0.4 is 5.32 Å². The van der Waals surface area contributed by atoms with E-state index >= 15 is 0 Å². The number of amides is 1. The lowest BCUT2D eigenvalue weighted by Crippen LogP contribution is -2.45. The van der Waals surface area contributed by atoms with Crippen LogP contribution in [0, 0.1) is 11.7 Å². The van der Waals surface area contributed by atoms with Crippen molar-refractivity contribution in [2.45, 2.75) is 32.4 Å². The van der Waals surface area contributed by atoms with Gasteiger partial charge in [-0.05, 0) is 58.1 Å². The Morgan fingerprint density at radius 3 is 2.57 bits per heavy atom. The molecule has 0 aliphatic carbocycles. The number of hydrogen-bond donors (Lipinski definition) is 1. The normalized spacial score (nSPS) is 21.4. The van der Waals surface area contributed by atoms with Gasteiger partial charge in [-0.3, -0.25) is 4.79 Å². The molecule has 0 saturated carbocycles. The molecule has 1 aliphatic rings. The molecule has 0 unspecified atom stereocenters. The average Bonchev–Trinajstić information content (AvgIpc) is 2.52. The monoisotopic (exact) mass is 321 g/mol. The van der Waals surface area contributed by atoms with Gasteiger partial charge >= 0.3 is 0 Å². The summed E-state index contributed by atoms with van der Waals surface area (Å²) in [5, 5.41) is 3.39. The smallest absolute Gasteiger partial charge is 0.226 e. The van der Waals surface area contributed by atoms with Crippen molar-refractivity contribution >= 4 is 5.91 Å². The molecule has 4 nitrogen and oxygen atoms in total. The first-order valence-corrected chi connectivity index (χ1v) is 8.37. The van der Waals surface area contributed by atoms with E-state index in [4.69, 9.17) is 0 Å². The molecule has 0 radical (unpaired) electrons. The van der Waals surface area contributed by atoms with Crippen LogP contribution in [0.2, 0.25) is 0 Å². The molecular weight excluding hydrogens is 293 g/mol. The zero-order valence-corrected chi connectivity index (χ0v) is 14.4. The Hall–Kier alpha value is -1.46. The van der Waals surface area contributed by atoms with Gasteiger partial charge in [-0.2, -0.15) is 0 Å². The van der Waals surface area contributed by atoms with Gasteiger partial charge in [0.05, 0.1) is 0 Å². The third-order valence-corrected chi connectivity index (χ3v) is 4.39. The minimum Gasteiger partial charge on any atom is -0.337 e. The van der Waals surface area contributed by atoms with E-state index in [-0.39, 0.29) is 17.6 Å². The molecule has 1 heterocycles. The van der Waals surface area contributed by atoms with Crippen LogP contribution in [0.4, 0.5) is 4.39 Å². The average molecular weight is 321 g/mol. The minimum absolute atomic E-state index is 0.0915. The van der Waals surface area contributed by atoms with E-state index in [1.54, 1.807) is 12.1 Å². The highest BCUT2D eigenvalue weighted by molar-refractivity contribution is 5.79. The standard InChI is InChI=1S/C18H28FN3O/c1-14-12-16(8-9-20-14)18(23)22(11-10-21(2)3)13-15-4-6-17(19)7-5-15/h4-7,14,16,20H,8-13H2,1-3H3/t14-,16-/m0/s1. The zero-order valence-electron chi connectivity index (χ0n) is 14.4. The summed E-state index contributed by atoms with van der Waals surface area (Å²) in [4.78, 5) is 16.9. The lowest BCUT2D eigenvalue weighted by Gasteiger charge is -2.33. The lowest BCUT2D eigenvalue weighted by molar-refractivity contribution is -0.137. The van der Waals surface area contributed by atoms with Crippen molar-refractivity contribution in [2.24, 2.45) is 5.92 Å². The summed E-state index contributed by atoms with van der Waals surface area (Å²) in [6.45, 7) is 5.10. The van der Waals surface area contributed by atoms with Crippen molar-refractivity contribution in [3.8, 4) is 0 Å². The maximum absolute atomic E-state index is 13.1. The summed E-state index contributed by atoms with van der Waals surface area (Å²) in [6.07, 6.45) is 1.78. The molecule has 1 fully saturated rings. The molecule has 1 N–H and O–H groups in total. The van der Waals surface area contributed by atoms with E-state index in [9.17, 15) is 9.18 Å². The maximum Gasteiger partial charge on any atom is 0.226 e. The third-order valence-electron chi connectivity index (χ3n) is 4.39. The van der Waals surface area contributed by atoms with E-state index in [1.807, 2.05) is 19.0 Å². The quantitative estimate of drug-likeness (QED) is 0.872. The molecule has 23 heavy (non-hydrogen) atoms. The van der Waals surface area contributed by atoms with Gasteiger partial charge in [0.2, 0.25) is 5.91 Å². The van der Waals surface area contributed by atoms with Gasteiger partial charge in [0.25, 0.3) is 0 Å². The van der Waals surface area contributed by atoms with E-state index in [2.05, 4.69) is 17.1 Å². The van der Waals surface area contributed by atoms with Crippen LogP contribution in [0.1, 0.15) is 25.3 Å². The Morgan fingerprint density at radius 1 is 1.26 bits per heavy atom. The number of hydrogen-bond acceptors (Lipinski definition) is 3. The molecule has 5 heteroatoms. The first kappa shape index (κ1) is 17.9. The molecule has 1 aromatic rings. The topological polar surface area (TPSA) is 35.6 Å². The Bertz CT molecular complexity index is 503. The first-order chi connectivity index (χ1) is 11.0. The SMILES string of the molecule is C[C@H]1C[C@@H](C(=O)N(CCN(C)C)Cc2ccc(F)cc2)CCN1. The van der Waals surface area contributed by atoms with E-state index < -0.39 is 0 Å². The van der Waals surface area contributed by atoms with Gasteiger partial charge in [-0.1, -0.05) is 12.1 Å². The lowest BCUT2D eigenvalue weighted by atomic mass is 9.92. The molecule has 128 valence electrons. The largest absolute Gasteiger partial charge is 0.337 e. The van der Waals surface area contributed by atoms with Gasteiger partial charge in [-0.25, -0.2) is 4.39 Å². The molecule has 2 rings (SSSR count). The van der Waals surface area contributed by atoms with Crippen molar-refractivity contribution in [1.82, 2.24) is 15.1 Å². The number of halogens is 1. The molecular formula is C18H28FN3O. The van der Waals surface area contributed by atoms with Crippen LogP contribution >= 0.6 is 0 Å². The summed E-state index contributed by atoms with van der Waals surface area (Å²) in [7, 11) is 4.01. The molecule has 1 amide bonds. The number of piperidine rings is 1. The predicted molar refractivity (Wildman–Crippen MR) is 90.6 cm³/mol. The molecule has 0 bridgehead atoms. The van der Waals surface area contributed by atoms with Gasteiger partial charge in [-0.15, -0.1) is 0 Å². The molecule has 2 atom stereocenters. The Morgan fingerprint density at radius 2 is 1.96 bits per heavy atom. The van der Waals surface area contributed by atoms with Crippen LogP contribution in [0.5, 0.6) is 0 Å². The summed E-state index contributed by atoms with van der Waals surface area (Å²) >= 11 is 0. The van der Waals surface area contributed by atoms with Gasteiger partial charge in [0.15, 0.2) is 0 Å². The van der Waals surface area contributed by atoms with Crippen molar-refractivity contribution in [1.29, 1.82) is 0 Å². The predicted octanol–water partition coefficient (Wildman–Crippen LogP) is 2.10. The van der Waals surface area contributed by atoms with Crippen molar-refractivity contribution in [3.05, 3.63) is 35.6 Å². The van der Waals surface area contributed by atoms with Crippen molar-refractivity contribution in [3.63, 3.8) is 0 Å². The Kier molecular flexibility index (Phi) is 6.54. The van der Waals surface area contributed by atoms with Gasteiger partial charge < -0.3 is 15.1 Å². The number of rotatable bonds is 6. The number of nitrogens with one attached hydrogen (secondary N) is 1. The maximum atomic E-state index is 13.1. The number of likely N-dealkylation sites (N-methyl/N-ethyl adjacent to an activating group) is 1. The fraction of sp³-hybridized carbons (Fsp3) is 0.611. The second-order valence-corrected chi connectivity index (χ2v) is 6.77.